The normalized spacial score (nSPS) is 14.2. The van der Waals surface area contributed by atoms with Gasteiger partial charge >= 0.3 is 0 Å². The average Bonchev–Trinajstić information content (AvgIpc) is 3.11. The Labute approximate surface area is 144 Å². The Morgan fingerprint density at radius 3 is 2.33 bits per heavy atom. The summed E-state index contributed by atoms with van der Waals surface area (Å²) < 4.78 is 0. The van der Waals surface area contributed by atoms with Gasteiger partial charge in [-0.15, -0.1) is 0 Å². The van der Waals surface area contributed by atoms with E-state index in [1.165, 1.54) is 24.1 Å². The highest BCUT2D eigenvalue weighted by molar-refractivity contribution is 6.04. The van der Waals surface area contributed by atoms with Gasteiger partial charge in [0, 0.05) is 30.0 Å². The molecule has 1 aliphatic rings. The summed E-state index contributed by atoms with van der Waals surface area (Å²) in [4.78, 5) is 14.9. The van der Waals surface area contributed by atoms with Crippen LogP contribution in [0.5, 0.6) is 0 Å². The average molecular weight is 322 g/mol. The fourth-order valence-corrected chi connectivity index (χ4v) is 3.41. The molecule has 3 heteroatoms. The monoisotopic (exact) mass is 322 g/mol. The number of rotatable bonds is 4. The van der Waals surface area contributed by atoms with E-state index in [0.717, 1.165) is 24.3 Å². The molecule has 0 spiro atoms. The lowest BCUT2D eigenvalue weighted by Gasteiger charge is -2.18. The van der Waals surface area contributed by atoms with Gasteiger partial charge in [0.25, 0.3) is 5.91 Å². The van der Waals surface area contributed by atoms with Crippen LogP contribution >= 0.6 is 0 Å². The second-order valence-electron chi connectivity index (χ2n) is 6.87. The van der Waals surface area contributed by atoms with Gasteiger partial charge in [0.2, 0.25) is 0 Å². The van der Waals surface area contributed by atoms with Crippen LogP contribution in [0.4, 0.5) is 11.4 Å². The first-order chi connectivity index (χ1) is 11.6. The Bertz CT molecular complexity index is 713. The molecule has 1 N–H and O–H groups in total. The molecule has 126 valence electrons. The molecule has 1 amide bonds. The molecule has 0 atom stereocenters. The SMILES string of the molecule is Cc1c(NC(=O)c2ccc(N3CCCC3)cc2)cccc1C(C)C. The van der Waals surface area contributed by atoms with Crippen LogP contribution in [0.3, 0.4) is 0 Å². The van der Waals surface area contributed by atoms with Crippen molar-refractivity contribution in [3.63, 3.8) is 0 Å². The van der Waals surface area contributed by atoms with E-state index >= 15 is 0 Å². The second kappa shape index (κ2) is 7.08. The molecule has 0 bridgehead atoms. The van der Waals surface area contributed by atoms with Gasteiger partial charge in [-0.1, -0.05) is 26.0 Å². The fourth-order valence-electron chi connectivity index (χ4n) is 3.41. The van der Waals surface area contributed by atoms with Crippen molar-refractivity contribution in [1.29, 1.82) is 0 Å². The summed E-state index contributed by atoms with van der Waals surface area (Å²) in [6, 6.07) is 14.1. The third-order valence-corrected chi connectivity index (χ3v) is 4.85. The van der Waals surface area contributed by atoms with Crippen molar-refractivity contribution in [2.45, 2.75) is 39.5 Å². The maximum atomic E-state index is 12.6. The molecule has 1 saturated heterocycles. The lowest BCUT2D eigenvalue weighted by Crippen LogP contribution is -2.18. The van der Waals surface area contributed by atoms with Gasteiger partial charge in [-0.2, -0.15) is 0 Å². The van der Waals surface area contributed by atoms with Crippen LogP contribution in [-0.4, -0.2) is 19.0 Å². The van der Waals surface area contributed by atoms with Gasteiger partial charge in [0.15, 0.2) is 0 Å². The van der Waals surface area contributed by atoms with E-state index in [1.807, 2.05) is 24.3 Å². The summed E-state index contributed by atoms with van der Waals surface area (Å²) in [7, 11) is 0. The van der Waals surface area contributed by atoms with Crippen molar-refractivity contribution in [2.75, 3.05) is 23.3 Å². The van der Waals surface area contributed by atoms with Gasteiger partial charge in [-0.3, -0.25) is 4.79 Å². The first kappa shape index (κ1) is 16.6. The van der Waals surface area contributed by atoms with Crippen LogP contribution < -0.4 is 10.2 Å². The summed E-state index contributed by atoms with van der Waals surface area (Å²) in [6.07, 6.45) is 2.52. The molecule has 3 rings (SSSR count). The predicted octanol–water partition coefficient (Wildman–Crippen LogP) is 4.97. The van der Waals surface area contributed by atoms with E-state index < -0.39 is 0 Å². The number of carbonyl (C=O) groups is 1. The maximum Gasteiger partial charge on any atom is 0.255 e. The third-order valence-electron chi connectivity index (χ3n) is 4.85. The molecule has 0 aromatic heterocycles. The molecule has 1 heterocycles. The minimum atomic E-state index is -0.0491. The summed E-state index contributed by atoms with van der Waals surface area (Å²) in [6.45, 7) is 8.65. The second-order valence-corrected chi connectivity index (χ2v) is 6.87. The van der Waals surface area contributed by atoms with Crippen molar-refractivity contribution in [3.05, 3.63) is 59.2 Å². The van der Waals surface area contributed by atoms with Crippen molar-refractivity contribution >= 4 is 17.3 Å². The molecule has 2 aromatic rings. The Kier molecular flexibility index (Phi) is 4.89. The van der Waals surface area contributed by atoms with E-state index in [9.17, 15) is 4.79 Å². The van der Waals surface area contributed by atoms with Gasteiger partial charge < -0.3 is 10.2 Å². The zero-order chi connectivity index (χ0) is 17.1. The van der Waals surface area contributed by atoms with Gasteiger partial charge in [0.1, 0.15) is 0 Å². The Morgan fingerprint density at radius 1 is 1.04 bits per heavy atom. The number of nitrogens with zero attached hydrogens (tertiary/aromatic N) is 1. The molecule has 0 saturated carbocycles. The molecule has 24 heavy (non-hydrogen) atoms. The quantitative estimate of drug-likeness (QED) is 0.862. The molecule has 3 nitrogen and oxygen atoms in total. The van der Waals surface area contributed by atoms with Crippen LogP contribution in [0, 0.1) is 6.92 Å². The minimum absolute atomic E-state index is 0.0491. The number of benzene rings is 2. The smallest absolute Gasteiger partial charge is 0.255 e. The number of carbonyl (C=O) groups excluding carboxylic acids is 1. The van der Waals surface area contributed by atoms with Crippen molar-refractivity contribution in [3.8, 4) is 0 Å². The van der Waals surface area contributed by atoms with Gasteiger partial charge in [-0.25, -0.2) is 0 Å². The Hall–Kier alpha value is -2.29. The maximum absolute atomic E-state index is 12.6. The highest BCUT2D eigenvalue weighted by atomic mass is 16.1. The molecular formula is C21H26N2O. The molecule has 1 fully saturated rings. The zero-order valence-corrected chi connectivity index (χ0v) is 14.8. The fraction of sp³-hybridized carbons (Fsp3) is 0.381. The Morgan fingerprint density at radius 2 is 1.71 bits per heavy atom. The van der Waals surface area contributed by atoms with Crippen LogP contribution in [0.25, 0.3) is 0 Å². The lowest BCUT2D eigenvalue weighted by atomic mass is 9.97. The molecule has 1 aliphatic heterocycles. The van der Waals surface area contributed by atoms with E-state index in [4.69, 9.17) is 0 Å². The summed E-state index contributed by atoms with van der Waals surface area (Å²) in [5.41, 5.74) is 5.23. The highest BCUT2D eigenvalue weighted by Crippen LogP contribution is 2.26. The first-order valence-electron chi connectivity index (χ1n) is 8.82. The van der Waals surface area contributed by atoms with Gasteiger partial charge in [-0.05, 0) is 67.1 Å². The Balaban J connectivity index is 1.74. The van der Waals surface area contributed by atoms with E-state index in [1.54, 1.807) is 0 Å². The third kappa shape index (κ3) is 3.45. The van der Waals surface area contributed by atoms with Crippen molar-refractivity contribution in [2.24, 2.45) is 0 Å². The van der Waals surface area contributed by atoms with Crippen molar-refractivity contribution in [1.82, 2.24) is 0 Å². The zero-order valence-electron chi connectivity index (χ0n) is 14.8. The molecule has 0 radical (unpaired) electrons. The molecular weight excluding hydrogens is 296 g/mol. The van der Waals surface area contributed by atoms with Crippen LogP contribution in [0.15, 0.2) is 42.5 Å². The molecule has 0 unspecified atom stereocenters. The standard InChI is InChI=1S/C21H26N2O/c1-15(2)19-7-6-8-20(16(19)3)22-21(24)17-9-11-18(12-10-17)23-13-4-5-14-23/h6-12,15H,4-5,13-14H2,1-3H3,(H,22,24). The number of hydrogen-bond acceptors (Lipinski definition) is 2. The van der Waals surface area contributed by atoms with Crippen molar-refractivity contribution < 1.29 is 4.79 Å². The summed E-state index contributed by atoms with van der Waals surface area (Å²) in [5.74, 6) is 0.397. The van der Waals surface area contributed by atoms with Crippen LogP contribution in [-0.2, 0) is 0 Å². The number of hydrogen-bond donors (Lipinski definition) is 1. The van der Waals surface area contributed by atoms with Crippen LogP contribution in [0.2, 0.25) is 0 Å². The van der Waals surface area contributed by atoms with Crippen LogP contribution in [0.1, 0.15) is 54.1 Å². The minimum Gasteiger partial charge on any atom is -0.372 e. The van der Waals surface area contributed by atoms with Gasteiger partial charge in [0.05, 0.1) is 0 Å². The van der Waals surface area contributed by atoms with E-state index in [2.05, 4.69) is 49.2 Å². The van der Waals surface area contributed by atoms with E-state index in [0.29, 0.717) is 11.5 Å². The molecule has 0 aliphatic carbocycles. The number of nitrogens with one attached hydrogen (secondary N) is 1. The highest BCUT2D eigenvalue weighted by Gasteiger charge is 2.14. The lowest BCUT2D eigenvalue weighted by molar-refractivity contribution is 0.102. The first-order valence-corrected chi connectivity index (χ1v) is 8.82. The number of anilines is 2. The summed E-state index contributed by atoms with van der Waals surface area (Å²) in [5, 5.41) is 3.06. The summed E-state index contributed by atoms with van der Waals surface area (Å²) >= 11 is 0. The predicted molar refractivity (Wildman–Crippen MR) is 101 cm³/mol. The molecule has 2 aromatic carbocycles. The van der Waals surface area contributed by atoms with E-state index in [-0.39, 0.29) is 5.91 Å². The largest absolute Gasteiger partial charge is 0.372 e. The topological polar surface area (TPSA) is 32.3 Å². The number of amides is 1.